The topological polar surface area (TPSA) is 83.3 Å². The Morgan fingerprint density at radius 2 is 1.89 bits per heavy atom. The zero-order chi connectivity index (χ0) is 20.3. The van der Waals surface area contributed by atoms with Crippen LogP contribution in [0.4, 0.5) is 13.2 Å². The highest BCUT2D eigenvalue weighted by Gasteiger charge is 2.33. The van der Waals surface area contributed by atoms with Gasteiger partial charge in [-0.1, -0.05) is 18.2 Å². The molecule has 28 heavy (non-hydrogen) atoms. The Morgan fingerprint density at radius 3 is 2.57 bits per heavy atom. The maximum Gasteiger partial charge on any atom is 0.417 e. The minimum absolute atomic E-state index is 0.0760. The van der Waals surface area contributed by atoms with Crippen LogP contribution in [-0.4, -0.2) is 34.6 Å². The van der Waals surface area contributed by atoms with Crippen LogP contribution in [0.2, 0.25) is 0 Å². The number of nitrogens with one attached hydrogen (secondary N) is 3. The fourth-order valence-electron chi connectivity index (χ4n) is 2.63. The van der Waals surface area contributed by atoms with E-state index in [-0.39, 0.29) is 17.0 Å². The number of nitrogens with zero attached hydrogens (tertiary/aromatic N) is 3. The maximum atomic E-state index is 13.3. The van der Waals surface area contributed by atoms with E-state index in [1.165, 1.54) is 41.0 Å². The average molecular weight is 390 g/mol. The second kappa shape index (κ2) is 7.59. The van der Waals surface area contributed by atoms with Crippen molar-refractivity contribution in [1.29, 1.82) is 0 Å². The molecule has 0 saturated heterocycles. The number of alkyl halides is 3. The first kappa shape index (κ1) is 19.2. The van der Waals surface area contributed by atoms with Crippen LogP contribution in [0.25, 0.3) is 16.9 Å². The predicted molar refractivity (Wildman–Crippen MR) is 97.1 cm³/mol. The van der Waals surface area contributed by atoms with Gasteiger partial charge in [0.25, 0.3) is 5.91 Å². The lowest BCUT2D eigenvalue weighted by Gasteiger charge is -2.12. The number of amides is 1. The van der Waals surface area contributed by atoms with Gasteiger partial charge in [-0.05, 0) is 18.2 Å². The Balaban J connectivity index is 2.05. The molecule has 2 heterocycles. The lowest BCUT2D eigenvalue weighted by atomic mass is 10.0. The number of benzene rings is 1. The lowest BCUT2D eigenvalue weighted by molar-refractivity contribution is -0.137. The highest BCUT2D eigenvalue weighted by atomic mass is 19.4. The fourth-order valence-corrected chi connectivity index (χ4v) is 2.63. The molecule has 0 aliphatic rings. The SMILES string of the molecule is CN/C=C(\NC)NC(=O)c1cnc2ccc(-c3ccccc3C(F)(F)F)nn12. The molecule has 2 aromatic heterocycles. The number of carbonyl (C=O) groups is 1. The monoisotopic (exact) mass is 390 g/mol. The summed E-state index contributed by atoms with van der Waals surface area (Å²) in [7, 11) is 3.30. The number of hydrogen-bond acceptors (Lipinski definition) is 5. The molecule has 3 rings (SSSR count). The van der Waals surface area contributed by atoms with Crippen molar-refractivity contribution >= 4 is 11.6 Å². The third kappa shape index (κ3) is 3.75. The van der Waals surface area contributed by atoms with Gasteiger partial charge in [-0.3, -0.25) is 4.79 Å². The number of rotatable bonds is 5. The van der Waals surface area contributed by atoms with Gasteiger partial charge in [-0.2, -0.15) is 18.3 Å². The van der Waals surface area contributed by atoms with Crippen LogP contribution in [-0.2, 0) is 6.18 Å². The van der Waals surface area contributed by atoms with Crippen LogP contribution in [0, 0.1) is 0 Å². The summed E-state index contributed by atoms with van der Waals surface area (Å²) in [5.41, 5.74) is -0.391. The van der Waals surface area contributed by atoms with Gasteiger partial charge in [-0.25, -0.2) is 9.50 Å². The van der Waals surface area contributed by atoms with Gasteiger partial charge in [0.05, 0.1) is 17.5 Å². The molecule has 3 N–H and O–H groups in total. The van der Waals surface area contributed by atoms with E-state index in [9.17, 15) is 18.0 Å². The van der Waals surface area contributed by atoms with Crippen molar-refractivity contribution in [2.75, 3.05) is 14.1 Å². The van der Waals surface area contributed by atoms with E-state index < -0.39 is 17.6 Å². The summed E-state index contributed by atoms with van der Waals surface area (Å²) in [5, 5.41) is 12.4. The molecule has 0 atom stereocenters. The van der Waals surface area contributed by atoms with Crippen molar-refractivity contribution in [3.8, 4) is 11.3 Å². The van der Waals surface area contributed by atoms with E-state index in [1.807, 2.05) is 0 Å². The Morgan fingerprint density at radius 1 is 1.14 bits per heavy atom. The smallest absolute Gasteiger partial charge is 0.391 e. The summed E-state index contributed by atoms with van der Waals surface area (Å²) in [6, 6.07) is 8.09. The molecular weight excluding hydrogens is 373 g/mol. The second-order valence-corrected chi connectivity index (χ2v) is 5.73. The first-order valence-electron chi connectivity index (χ1n) is 8.23. The molecule has 0 bridgehead atoms. The van der Waals surface area contributed by atoms with Crippen molar-refractivity contribution < 1.29 is 18.0 Å². The molecule has 1 aromatic carbocycles. The van der Waals surface area contributed by atoms with Crippen LogP contribution >= 0.6 is 0 Å². The molecule has 1 amide bonds. The van der Waals surface area contributed by atoms with Gasteiger partial charge in [-0.15, -0.1) is 0 Å². The summed E-state index contributed by atoms with van der Waals surface area (Å²) in [4.78, 5) is 16.6. The zero-order valence-corrected chi connectivity index (χ0v) is 15.0. The summed E-state index contributed by atoms with van der Waals surface area (Å²) in [6.07, 6.45) is -1.68. The minimum atomic E-state index is -4.53. The predicted octanol–water partition coefficient (Wildman–Crippen LogP) is 2.38. The van der Waals surface area contributed by atoms with Crippen molar-refractivity contribution in [2.45, 2.75) is 6.18 Å². The number of aromatic nitrogens is 3. The molecule has 10 heteroatoms. The molecule has 146 valence electrons. The number of carbonyl (C=O) groups excluding carboxylic acids is 1. The molecule has 0 unspecified atom stereocenters. The largest absolute Gasteiger partial charge is 0.417 e. The summed E-state index contributed by atoms with van der Waals surface area (Å²) < 4.78 is 41.2. The number of fused-ring (bicyclic) bond motifs is 1. The van der Waals surface area contributed by atoms with Crippen molar-refractivity contribution in [2.24, 2.45) is 0 Å². The number of halogens is 3. The molecule has 0 radical (unpaired) electrons. The first-order chi connectivity index (χ1) is 13.3. The lowest BCUT2D eigenvalue weighted by Crippen LogP contribution is -2.31. The van der Waals surface area contributed by atoms with Gasteiger partial charge >= 0.3 is 6.18 Å². The number of imidazole rings is 1. The van der Waals surface area contributed by atoms with Gasteiger partial charge in [0.15, 0.2) is 11.3 Å². The highest BCUT2D eigenvalue weighted by Crippen LogP contribution is 2.36. The van der Waals surface area contributed by atoms with Gasteiger partial charge in [0.2, 0.25) is 0 Å². The zero-order valence-electron chi connectivity index (χ0n) is 15.0. The van der Waals surface area contributed by atoms with E-state index in [0.29, 0.717) is 11.5 Å². The molecule has 7 nitrogen and oxygen atoms in total. The molecule has 0 aliphatic heterocycles. The van der Waals surface area contributed by atoms with E-state index in [0.717, 1.165) is 6.07 Å². The Kier molecular flexibility index (Phi) is 5.21. The van der Waals surface area contributed by atoms with Gasteiger partial charge in [0.1, 0.15) is 5.82 Å². The fraction of sp³-hybridized carbons (Fsp3) is 0.167. The average Bonchev–Trinajstić information content (AvgIpc) is 3.10. The van der Waals surface area contributed by atoms with Crippen molar-refractivity contribution in [1.82, 2.24) is 30.5 Å². The van der Waals surface area contributed by atoms with E-state index >= 15 is 0 Å². The Labute approximate surface area is 158 Å². The Hall–Kier alpha value is -3.56. The third-order valence-electron chi connectivity index (χ3n) is 3.91. The van der Waals surface area contributed by atoms with Gasteiger partial charge < -0.3 is 16.0 Å². The quantitative estimate of drug-likeness (QED) is 0.623. The standard InChI is InChI=1S/C18H17F3N6O/c1-22-10-15(23-2)25-17(28)14-9-24-16-8-7-13(26-27(14)16)11-5-3-4-6-12(11)18(19,20)21/h3-10,22-23H,1-2H3,(H,25,28)/b15-10+. The molecule has 0 aliphatic carbocycles. The molecule has 0 saturated carbocycles. The summed E-state index contributed by atoms with van der Waals surface area (Å²) in [5.74, 6) is -0.113. The van der Waals surface area contributed by atoms with Crippen LogP contribution in [0.5, 0.6) is 0 Å². The van der Waals surface area contributed by atoms with Crippen LogP contribution in [0.3, 0.4) is 0 Å². The normalized spacial score (nSPS) is 12.1. The number of hydrogen-bond donors (Lipinski definition) is 3. The third-order valence-corrected chi connectivity index (χ3v) is 3.91. The molecule has 0 spiro atoms. The molecule has 3 aromatic rings. The van der Waals surface area contributed by atoms with Crippen LogP contribution in [0.1, 0.15) is 16.1 Å². The summed E-state index contributed by atoms with van der Waals surface area (Å²) >= 11 is 0. The van der Waals surface area contributed by atoms with E-state index in [2.05, 4.69) is 26.0 Å². The molecular formula is C18H17F3N6O. The highest BCUT2D eigenvalue weighted by molar-refractivity contribution is 5.94. The summed E-state index contributed by atoms with van der Waals surface area (Å²) in [6.45, 7) is 0. The minimum Gasteiger partial charge on any atom is -0.391 e. The first-order valence-corrected chi connectivity index (χ1v) is 8.23. The van der Waals surface area contributed by atoms with Crippen molar-refractivity contribution in [3.05, 3.63) is 65.9 Å². The maximum absolute atomic E-state index is 13.3. The van der Waals surface area contributed by atoms with Crippen LogP contribution < -0.4 is 16.0 Å². The van der Waals surface area contributed by atoms with Crippen LogP contribution in [0.15, 0.2) is 54.6 Å². The Bertz CT molecular complexity index is 1040. The van der Waals surface area contributed by atoms with Gasteiger partial charge in [0, 0.05) is 25.9 Å². The van der Waals surface area contributed by atoms with E-state index in [4.69, 9.17) is 0 Å². The van der Waals surface area contributed by atoms with Crippen molar-refractivity contribution in [3.63, 3.8) is 0 Å². The molecule has 0 fully saturated rings. The van der Waals surface area contributed by atoms with E-state index in [1.54, 1.807) is 20.3 Å². The second-order valence-electron chi connectivity index (χ2n) is 5.73.